The number of carboxylic acids is 1. The first-order valence-corrected chi connectivity index (χ1v) is 3.61. The van der Waals surface area contributed by atoms with Crippen molar-refractivity contribution >= 4 is 27.7 Å². The molecule has 0 heterocycles. The molecule has 1 unspecified atom stereocenters. The average Bonchev–Trinajstić information content (AvgIpc) is 1.62. The van der Waals surface area contributed by atoms with E-state index in [2.05, 4.69) is 11.6 Å². The molecule has 54 valence electrons. The fourth-order valence-corrected chi connectivity index (χ4v) is 0.365. The third-order valence-electron chi connectivity index (χ3n) is 0.447. The van der Waals surface area contributed by atoms with Gasteiger partial charge in [0.15, 0.2) is 4.71 Å². The van der Waals surface area contributed by atoms with Gasteiger partial charge in [-0.2, -0.15) is 8.42 Å². The van der Waals surface area contributed by atoms with Gasteiger partial charge in [0.2, 0.25) is 0 Å². The van der Waals surface area contributed by atoms with Gasteiger partial charge < -0.3 is 9.90 Å². The number of hydrogen-bond donors (Lipinski definition) is 1. The molecular formula is C2H2ClNaO5S. The van der Waals surface area contributed by atoms with Crippen LogP contribution in [0.2, 0.25) is 0 Å². The van der Waals surface area contributed by atoms with Crippen LogP contribution in [0.4, 0.5) is 0 Å². The van der Waals surface area contributed by atoms with Gasteiger partial charge in [0.05, 0.1) is 5.97 Å². The van der Waals surface area contributed by atoms with Crippen molar-refractivity contribution in [2.45, 2.75) is 4.71 Å². The minimum Gasteiger partial charge on any atom is -0.547 e. The Morgan fingerprint density at radius 1 is 1.60 bits per heavy atom. The molecule has 0 aliphatic heterocycles. The Bertz CT molecular complexity index is 210. The van der Waals surface area contributed by atoms with Crippen LogP contribution in [0.25, 0.3) is 0 Å². The topological polar surface area (TPSA) is 94.5 Å². The fourth-order valence-electron chi connectivity index (χ4n) is 0.122. The summed E-state index contributed by atoms with van der Waals surface area (Å²) >= 11 is 4.59. The number of carbonyl (C=O) groups is 1. The first-order valence-electron chi connectivity index (χ1n) is 1.67. The van der Waals surface area contributed by atoms with Crippen molar-refractivity contribution in [3.63, 3.8) is 0 Å². The second-order valence-electron chi connectivity index (χ2n) is 1.15. The van der Waals surface area contributed by atoms with E-state index in [1.165, 1.54) is 0 Å². The predicted octanol–water partition coefficient (Wildman–Crippen LogP) is -4.81. The fraction of sp³-hybridized carbons (Fsp3) is 0.500. The quantitative estimate of drug-likeness (QED) is 0.272. The van der Waals surface area contributed by atoms with Gasteiger partial charge >= 0.3 is 29.6 Å². The first-order chi connectivity index (χ1) is 3.85. The molecule has 0 aromatic heterocycles. The van der Waals surface area contributed by atoms with E-state index in [0.717, 1.165) is 0 Å². The van der Waals surface area contributed by atoms with E-state index in [4.69, 9.17) is 4.55 Å². The predicted molar refractivity (Wildman–Crippen MR) is 26.2 cm³/mol. The molecule has 0 fully saturated rings. The Hall–Kier alpha value is 0.670. The van der Waals surface area contributed by atoms with Crippen molar-refractivity contribution in [3.8, 4) is 0 Å². The molecule has 8 heteroatoms. The van der Waals surface area contributed by atoms with E-state index >= 15 is 0 Å². The van der Waals surface area contributed by atoms with Crippen LogP contribution >= 0.6 is 11.6 Å². The third kappa shape index (κ3) is 4.48. The van der Waals surface area contributed by atoms with Crippen LogP contribution in [0.1, 0.15) is 0 Å². The molecule has 0 aliphatic carbocycles. The van der Waals surface area contributed by atoms with E-state index in [9.17, 15) is 18.3 Å². The Morgan fingerprint density at radius 3 is 1.90 bits per heavy atom. The minimum atomic E-state index is -4.70. The molecule has 0 radical (unpaired) electrons. The van der Waals surface area contributed by atoms with Gasteiger partial charge in [-0.25, -0.2) is 0 Å². The van der Waals surface area contributed by atoms with Crippen LogP contribution in [0, 0.1) is 0 Å². The number of carbonyl (C=O) groups excluding carboxylic acids is 1. The van der Waals surface area contributed by atoms with Crippen molar-refractivity contribution in [2.24, 2.45) is 0 Å². The van der Waals surface area contributed by atoms with Crippen molar-refractivity contribution in [3.05, 3.63) is 0 Å². The summed E-state index contributed by atoms with van der Waals surface area (Å²) in [6.07, 6.45) is 0. The van der Waals surface area contributed by atoms with Gasteiger partial charge in [0.1, 0.15) is 0 Å². The molecule has 0 aromatic rings. The van der Waals surface area contributed by atoms with Gasteiger partial charge in [-0.1, -0.05) is 11.6 Å². The molecule has 1 atom stereocenters. The maximum atomic E-state index is 9.78. The van der Waals surface area contributed by atoms with Crippen LogP contribution in [-0.4, -0.2) is 23.6 Å². The maximum Gasteiger partial charge on any atom is 1.00 e. The zero-order valence-electron chi connectivity index (χ0n) is 4.94. The summed E-state index contributed by atoms with van der Waals surface area (Å²) in [7, 11) is -4.70. The molecule has 0 aromatic carbocycles. The van der Waals surface area contributed by atoms with Gasteiger partial charge in [-0.05, 0) is 0 Å². The van der Waals surface area contributed by atoms with Crippen molar-refractivity contribution < 1.29 is 52.4 Å². The number of alkyl halides is 1. The summed E-state index contributed by atoms with van der Waals surface area (Å²) in [5.74, 6) is -2.04. The summed E-state index contributed by atoms with van der Waals surface area (Å²) < 4.78 is 25.0. The summed E-state index contributed by atoms with van der Waals surface area (Å²) in [6, 6.07) is 0. The van der Waals surface area contributed by atoms with Gasteiger partial charge in [-0.15, -0.1) is 0 Å². The Morgan fingerprint density at radius 2 is 1.90 bits per heavy atom. The Balaban J connectivity index is 0. The smallest absolute Gasteiger partial charge is 0.547 e. The monoisotopic (exact) mass is 196 g/mol. The molecule has 10 heavy (non-hydrogen) atoms. The molecule has 0 saturated heterocycles. The molecule has 0 spiro atoms. The van der Waals surface area contributed by atoms with Gasteiger partial charge in [0, 0.05) is 0 Å². The Labute approximate surface area is 84.4 Å². The summed E-state index contributed by atoms with van der Waals surface area (Å²) in [4.78, 5) is 9.56. The van der Waals surface area contributed by atoms with Crippen LogP contribution in [0.5, 0.6) is 0 Å². The molecule has 0 amide bonds. The second kappa shape index (κ2) is 4.53. The van der Waals surface area contributed by atoms with Gasteiger partial charge in [-0.3, -0.25) is 4.55 Å². The molecule has 5 nitrogen and oxygen atoms in total. The largest absolute Gasteiger partial charge is 1.00 e. The van der Waals surface area contributed by atoms with Crippen LogP contribution in [0.15, 0.2) is 0 Å². The van der Waals surface area contributed by atoms with Crippen LogP contribution in [0.3, 0.4) is 0 Å². The van der Waals surface area contributed by atoms with E-state index in [1.807, 2.05) is 0 Å². The zero-order chi connectivity index (χ0) is 7.65. The second-order valence-corrected chi connectivity index (χ2v) is 3.35. The molecule has 1 N–H and O–H groups in total. The van der Waals surface area contributed by atoms with Crippen molar-refractivity contribution in [1.82, 2.24) is 0 Å². The summed E-state index contributed by atoms with van der Waals surface area (Å²) in [5, 5.41) is 9.56. The zero-order valence-corrected chi connectivity index (χ0v) is 8.52. The number of hydrogen-bond acceptors (Lipinski definition) is 4. The third-order valence-corrected chi connectivity index (χ3v) is 2.02. The number of aliphatic carboxylic acids is 1. The molecule has 0 bridgehead atoms. The molecular weight excluding hydrogens is 195 g/mol. The molecule has 0 aliphatic rings. The summed E-state index contributed by atoms with van der Waals surface area (Å²) in [6.45, 7) is 0. The van der Waals surface area contributed by atoms with Crippen LogP contribution in [-0.2, 0) is 14.9 Å². The van der Waals surface area contributed by atoms with E-state index in [1.54, 1.807) is 0 Å². The van der Waals surface area contributed by atoms with E-state index < -0.39 is 20.8 Å². The molecule has 0 rings (SSSR count). The van der Waals surface area contributed by atoms with Crippen molar-refractivity contribution in [2.75, 3.05) is 0 Å². The first kappa shape index (κ1) is 13.3. The standard InChI is InChI=1S/C2H3ClO5S.Na/c3-1(2(4)5)9(6,7)8;/h1H,(H,4,5)(H,6,7,8);/q;+1/p-1. The maximum absolute atomic E-state index is 9.78. The number of halogens is 1. The average molecular weight is 197 g/mol. The van der Waals surface area contributed by atoms with Crippen LogP contribution < -0.4 is 34.7 Å². The summed E-state index contributed by atoms with van der Waals surface area (Å²) in [5.41, 5.74) is 0. The van der Waals surface area contributed by atoms with E-state index in [0.29, 0.717) is 0 Å². The minimum absolute atomic E-state index is 0. The number of rotatable bonds is 2. The number of carboxylic acid groups (broad SMARTS) is 1. The molecule has 0 saturated carbocycles. The Kier molecular flexibility index (Phi) is 6.01. The van der Waals surface area contributed by atoms with E-state index in [-0.39, 0.29) is 29.6 Å². The normalized spacial score (nSPS) is 13.4. The van der Waals surface area contributed by atoms with Crippen molar-refractivity contribution in [1.29, 1.82) is 0 Å². The SMILES string of the molecule is O=C([O-])C(Cl)S(=O)(=O)O.[Na+]. The van der Waals surface area contributed by atoms with Gasteiger partial charge in [0.25, 0.3) is 10.1 Å².